The quantitative estimate of drug-likeness (QED) is 0.521. The molecule has 0 saturated carbocycles. The molecule has 1 saturated heterocycles. The van der Waals surface area contributed by atoms with Crippen LogP contribution in [0.3, 0.4) is 0 Å². The molecular formula is C26H30FN3O3. The summed E-state index contributed by atoms with van der Waals surface area (Å²) < 4.78 is 24.7. The zero-order valence-corrected chi connectivity index (χ0v) is 18.9. The normalized spacial score (nSPS) is 14.8. The highest BCUT2D eigenvalue weighted by Crippen LogP contribution is 2.24. The maximum Gasteiger partial charge on any atom is 0.220 e. The van der Waals surface area contributed by atoms with Crippen LogP contribution in [0.1, 0.15) is 30.7 Å². The van der Waals surface area contributed by atoms with E-state index in [4.69, 9.17) is 9.15 Å². The summed E-state index contributed by atoms with van der Waals surface area (Å²) in [6, 6.07) is 14.6. The molecule has 2 heterocycles. The summed E-state index contributed by atoms with van der Waals surface area (Å²) in [5.74, 6) is 1.83. The molecule has 7 heteroatoms. The highest BCUT2D eigenvalue weighted by molar-refractivity contribution is 5.76. The first kappa shape index (κ1) is 23.0. The number of rotatable bonds is 9. The first-order valence-electron chi connectivity index (χ1n) is 11.4. The highest BCUT2D eigenvalue weighted by Gasteiger charge is 2.20. The third kappa shape index (κ3) is 6.42. The smallest absolute Gasteiger partial charge is 0.220 e. The van der Waals surface area contributed by atoms with Crippen molar-refractivity contribution in [2.24, 2.45) is 5.92 Å². The number of benzene rings is 2. The molecule has 0 aliphatic carbocycles. The lowest BCUT2D eigenvalue weighted by Crippen LogP contribution is -2.38. The van der Waals surface area contributed by atoms with Gasteiger partial charge in [0.2, 0.25) is 5.91 Å². The SMILES string of the molecule is COc1ccc(CN2CCC(CNC(=O)CCc3ncc(-c4ccccc4F)o3)CC2)cc1. The second-order valence-electron chi connectivity index (χ2n) is 8.47. The van der Waals surface area contributed by atoms with Gasteiger partial charge in [-0.05, 0) is 61.7 Å². The Bertz CT molecular complexity index is 1040. The number of hydrogen-bond acceptors (Lipinski definition) is 5. The third-order valence-electron chi connectivity index (χ3n) is 6.12. The van der Waals surface area contributed by atoms with E-state index in [1.165, 1.54) is 17.8 Å². The van der Waals surface area contributed by atoms with E-state index in [9.17, 15) is 9.18 Å². The summed E-state index contributed by atoms with van der Waals surface area (Å²) in [6.07, 6.45) is 4.34. The molecule has 1 aliphatic heterocycles. The van der Waals surface area contributed by atoms with Crippen molar-refractivity contribution in [3.8, 4) is 17.1 Å². The third-order valence-corrected chi connectivity index (χ3v) is 6.12. The van der Waals surface area contributed by atoms with E-state index in [0.717, 1.165) is 38.2 Å². The van der Waals surface area contributed by atoms with E-state index in [1.807, 2.05) is 12.1 Å². The lowest BCUT2D eigenvalue weighted by Gasteiger charge is -2.32. The van der Waals surface area contributed by atoms with Crippen LogP contribution in [0.25, 0.3) is 11.3 Å². The minimum absolute atomic E-state index is 0.0127. The van der Waals surface area contributed by atoms with Crippen LogP contribution in [0.15, 0.2) is 59.1 Å². The Kier molecular flexibility index (Phi) is 7.73. The summed E-state index contributed by atoms with van der Waals surface area (Å²) in [7, 11) is 1.68. The monoisotopic (exact) mass is 451 g/mol. The number of nitrogens with zero attached hydrogens (tertiary/aromatic N) is 2. The maximum absolute atomic E-state index is 13.9. The second kappa shape index (κ2) is 11.1. The van der Waals surface area contributed by atoms with Crippen LogP contribution in [0.5, 0.6) is 5.75 Å². The van der Waals surface area contributed by atoms with Gasteiger partial charge in [-0.1, -0.05) is 24.3 Å². The summed E-state index contributed by atoms with van der Waals surface area (Å²) >= 11 is 0. The van der Waals surface area contributed by atoms with Crippen LogP contribution in [0.4, 0.5) is 4.39 Å². The number of oxazole rings is 1. The van der Waals surface area contributed by atoms with E-state index >= 15 is 0 Å². The fraction of sp³-hybridized carbons (Fsp3) is 0.385. The molecule has 33 heavy (non-hydrogen) atoms. The van der Waals surface area contributed by atoms with Gasteiger partial charge in [-0.25, -0.2) is 9.37 Å². The van der Waals surface area contributed by atoms with Crippen LogP contribution < -0.4 is 10.1 Å². The Morgan fingerprint density at radius 3 is 2.67 bits per heavy atom. The first-order valence-corrected chi connectivity index (χ1v) is 11.4. The van der Waals surface area contributed by atoms with Crippen LogP contribution in [-0.4, -0.2) is 42.5 Å². The molecule has 1 fully saturated rings. The number of aromatic nitrogens is 1. The van der Waals surface area contributed by atoms with Gasteiger partial charge in [0.15, 0.2) is 11.7 Å². The number of ether oxygens (including phenoxy) is 1. The molecule has 2 aromatic carbocycles. The number of likely N-dealkylation sites (tertiary alicyclic amines) is 1. The molecule has 0 radical (unpaired) electrons. The Labute approximate surface area is 193 Å². The zero-order valence-electron chi connectivity index (χ0n) is 18.9. The van der Waals surface area contributed by atoms with Gasteiger partial charge in [-0.15, -0.1) is 0 Å². The van der Waals surface area contributed by atoms with Crippen LogP contribution >= 0.6 is 0 Å². The molecule has 0 unspecified atom stereocenters. The first-order chi connectivity index (χ1) is 16.1. The minimum atomic E-state index is -0.354. The molecule has 1 N–H and O–H groups in total. The lowest BCUT2D eigenvalue weighted by molar-refractivity contribution is -0.121. The number of hydrogen-bond donors (Lipinski definition) is 1. The van der Waals surface area contributed by atoms with Crippen molar-refractivity contribution in [1.82, 2.24) is 15.2 Å². The molecule has 0 atom stereocenters. The number of carbonyl (C=O) groups excluding carboxylic acids is 1. The molecule has 174 valence electrons. The Morgan fingerprint density at radius 2 is 1.94 bits per heavy atom. The number of amides is 1. The molecule has 0 bridgehead atoms. The second-order valence-corrected chi connectivity index (χ2v) is 8.47. The number of nitrogens with one attached hydrogen (secondary N) is 1. The fourth-order valence-corrected chi connectivity index (χ4v) is 4.12. The Balaban J connectivity index is 1.15. The summed E-state index contributed by atoms with van der Waals surface area (Å²) in [6.45, 7) is 3.69. The molecule has 1 aliphatic rings. The van der Waals surface area contributed by atoms with Gasteiger partial charge in [-0.2, -0.15) is 0 Å². The van der Waals surface area contributed by atoms with E-state index in [0.29, 0.717) is 42.5 Å². The average Bonchev–Trinajstić information content (AvgIpc) is 3.32. The molecule has 1 amide bonds. The summed E-state index contributed by atoms with van der Waals surface area (Å²) in [4.78, 5) is 18.9. The predicted octanol–water partition coefficient (Wildman–Crippen LogP) is 4.45. The largest absolute Gasteiger partial charge is 0.497 e. The van der Waals surface area contributed by atoms with Gasteiger partial charge in [-0.3, -0.25) is 9.69 Å². The van der Waals surface area contributed by atoms with E-state index in [2.05, 4.69) is 27.3 Å². The molecule has 0 spiro atoms. The van der Waals surface area contributed by atoms with Crippen molar-refractivity contribution in [3.63, 3.8) is 0 Å². The van der Waals surface area contributed by atoms with Crippen molar-refractivity contribution in [3.05, 3.63) is 72.0 Å². The molecule has 6 nitrogen and oxygen atoms in total. The topological polar surface area (TPSA) is 67.6 Å². The van der Waals surface area contributed by atoms with Gasteiger partial charge in [0.1, 0.15) is 11.6 Å². The number of piperidine rings is 1. The number of carbonyl (C=O) groups is 1. The number of aryl methyl sites for hydroxylation is 1. The summed E-state index contributed by atoms with van der Waals surface area (Å²) in [5.41, 5.74) is 1.66. The van der Waals surface area contributed by atoms with Gasteiger partial charge in [0.05, 0.1) is 18.9 Å². The van der Waals surface area contributed by atoms with Crippen LogP contribution in [0.2, 0.25) is 0 Å². The summed E-state index contributed by atoms with van der Waals surface area (Å²) in [5, 5.41) is 3.05. The van der Waals surface area contributed by atoms with Crippen molar-refractivity contribution >= 4 is 5.91 Å². The lowest BCUT2D eigenvalue weighted by atomic mass is 9.96. The number of halogens is 1. The average molecular weight is 452 g/mol. The van der Waals surface area contributed by atoms with Crippen molar-refractivity contribution in [2.75, 3.05) is 26.7 Å². The maximum atomic E-state index is 13.9. The van der Waals surface area contributed by atoms with Gasteiger partial charge < -0.3 is 14.5 Å². The van der Waals surface area contributed by atoms with Crippen LogP contribution in [0, 0.1) is 11.7 Å². The molecular weight excluding hydrogens is 421 g/mol. The number of methoxy groups -OCH3 is 1. The van der Waals surface area contributed by atoms with E-state index < -0.39 is 0 Å². The zero-order chi connectivity index (χ0) is 23.0. The van der Waals surface area contributed by atoms with Crippen LogP contribution in [-0.2, 0) is 17.8 Å². The van der Waals surface area contributed by atoms with E-state index in [1.54, 1.807) is 25.3 Å². The molecule has 4 rings (SSSR count). The van der Waals surface area contributed by atoms with Gasteiger partial charge >= 0.3 is 0 Å². The Hall–Kier alpha value is -3.19. The minimum Gasteiger partial charge on any atom is -0.497 e. The van der Waals surface area contributed by atoms with Crippen molar-refractivity contribution in [1.29, 1.82) is 0 Å². The van der Waals surface area contributed by atoms with Crippen molar-refractivity contribution < 1.29 is 18.3 Å². The van der Waals surface area contributed by atoms with Gasteiger partial charge in [0.25, 0.3) is 0 Å². The standard InChI is InChI=1S/C26H30FN3O3/c1-32-21-8-6-20(7-9-21)18-30-14-12-19(13-15-30)16-28-25(31)10-11-26-29-17-24(33-26)22-4-2-3-5-23(22)27/h2-9,17,19H,10-16,18H2,1H3,(H,28,31). The highest BCUT2D eigenvalue weighted by atomic mass is 19.1. The van der Waals surface area contributed by atoms with Gasteiger partial charge in [0, 0.05) is 25.9 Å². The van der Waals surface area contributed by atoms with Crippen molar-refractivity contribution in [2.45, 2.75) is 32.2 Å². The Morgan fingerprint density at radius 1 is 1.18 bits per heavy atom. The fourth-order valence-electron chi connectivity index (χ4n) is 4.12. The molecule has 3 aromatic rings. The molecule has 1 aromatic heterocycles. The van der Waals surface area contributed by atoms with E-state index in [-0.39, 0.29) is 11.7 Å². The predicted molar refractivity (Wildman–Crippen MR) is 124 cm³/mol.